The zero-order valence-electron chi connectivity index (χ0n) is 12.4. The molecule has 1 heterocycles. The van der Waals surface area contributed by atoms with E-state index in [9.17, 15) is 4.79 Å². The molecule has 1 aromatic carbocycles. The van der Waals surface area contributed by atoms with Crippen LogP contribution in [0.5, 0.6) is 0 Å². The van der Waals surface area contributed by atoms with Crippen LogP contribution in [0.1, 0.15) is 26.8 Å². The Morgan fingerprint density at radius 1 is 1.27 bits per heavy atom. The first kappa shape index (κ1) is 17.1. The van der Waals surface area contributed by atoms with Crippen molar-refractivity contribution in [3.8, 4) is 0 Å². The van der Waals surface area contributed by atoms with Gasteiger partial charge < -0.3 is 9.88 Å². The second-order valence-corrected chi connectivity index (χ2v) is 7.08. The van der Waals surface area contributed by atoms with Gasteiger partial charge in [-0.15, -0.1) is 10.2 Å². The number of rotatable bonds is 5. The van der Waals surface area contributed by atoms with E-state index in [1.165, 1.54) is 11.8 Å². The molecule has 0 radical (unpaired) electrons. The van der Waals surface area contributed by atoms with Gasteiger partial charge in [0.1, 0.15) is 6.33 Å². The summed E-state index contributed by atoms with van der Waals surface area (Å²) in [6.07, 6.45) is 1.66. The number of benzene rings is 1. The quantitative estimate of drug-likeness (QED) is 0.810. The minimum absolute atomic E-state index is 0.196. The van der Waals surface area contributed by atoms with Gasteiger partial charge in [0.25, 0.3) is 0 Å². The monoisotopic (exact) mass is 358 g/mol. The van der Waals surface area contributed by atoms with Crippen molar-refractivity contribution < 1.29 is 4.79 Å². The van der Waals surface area contributed by atoms with Crippen LogP contribution in [0.25, 0.3) is 0 Å². The van der Waals surface area contributed by atoms with Gasteiger partial charge >= 0.3 is 0 Å². The molecule has 2 aromatic rings. The summed E-state index contributed by atoms with van der Waals surface area (Å²) in [6, 6.07) is 5.31. The third-order valence-electron chi connectivity index (χ3n) is 2.96. The van der Waals surface area contributed by atoms with E-state index in [2.05, 4.69) is 15.5 Å². The molecule has 0 aliphatic carbocycles. The van der Waals surface area contributed by atoms with Crippen LogP contribution in [0.4, 0.5) is 5.69 Å². The van der Waals surface area contributed by atoms with E-state index in [1.54, 1.807) is 31.5 Å². The van der Waals surface area contributed by atoms with Gasteiger partial charge in [-0.25, -0.2) is 0 Å². The standard InChI is InChI=1S/C14H16Cl2N4OS/c1-8(2)20-7-17-19-14(20)22-9(3)13(21)18-12-10(15)5-4-6-11(12)16/h4-9H,1-3H3,(H,18,21)/t9-/m0/s1. The van der Waals surface area contributed by atoms with Gasteiger partial charge in [0, 0.05) is 6.04 Å². The zero-order chi connectivity index (χ0) is 16.3. The molecule has 1 atom stereocenters. The fourth-order valence-corrected chi connectivity index (χ4v) is 3.17. The van der Waals surface area contributed by atoms with Crippen molar-refractivity contribution >= 4 is 46.6 Å². The second kappa shape index (κ2) is 7.35. The van der Waals surface area contributed by atoms with Crippen LogP contribution in [0, 0.1) is 0 Å². The minimum Gasteiger partial charge on any atom is -0.323 e. The molecule has 0 aliphatic rings. The number of thioether (sulfide) groups is 1. The normalized spacial score (nSPS) is 12.5. The molecule has 0 aliphatic heterocycles. The Morgan fingerprint density at radius 2 is 1.91 bits per heavy atom. The Labute approximate surface area is 143 Å². The summed E-state index contributed by atoms with van der Waals surface area (Å²) in [6.45, 7) is 5.85. The second-order valence-electron chi connectivity index (χ2n) is 4.96. The maximum Gasteiger partial charge on any atom is 0.237 e. The summed E-state index contributed by atoms with van der Waals surface area (Å²) < 4.78 is 1.91. The Morgan fingerprint density at radius 3 is 2.50 bits per heavy atom. The van der Waals surface area contributed by atoms with Crippen molar-refractivity contribution in [2.24, 2.45) is 0 Å². The van der Waals surface area contributed by atoms with Crippen LogP contribution >= 0.6 is 35.0 Å². The summed E-state index contributed by atoms with van der Waals surface area (Å²) in [5, 5.41) is 11.8. The smallest absolute Gasteiger partial charge is 0.237 e. The molecule has 1 N–H and O–H groups in total. The maximum atomic E-state index is 12.3. The molecule has 8 heteroatoms. The molecule has 0 fully saturated rings. The van der Waals surface area contributed by atoms with Crippen molar-refractivity contribution in [2.45, 2.75) is 37.2 Å². The highest BCUT2D eigenvalue weighted by molar-refractivity contribution is 8.00. The fraction of sp³-hybridized carbons (Fsp3) is 0.357. The van der Waals surface area contributed by atoms with Crippen LogP contribution in [0.2, 0.25) is 10.0 Å². The topological polar surface area (TPSA) is 59.8 Å². The average molecular weight is 359 g/mol. The lowest BCUT2D eigenvalue weighted by Gasteiger charge is -2.15. The first-order valence-corrected chi connectivity index (χ1v) is 8.34. The van der Waals surface area contributed by atoms with Crippen molar-refractivity contribution in [1.29, 1.82) is 0 Å². The molecule has 22 heavy (non-hydrogen) atoms. The largest absolute Gasteiger partial charge is 0.323 e. The molecule has 0 saturated heterocycles. The van der Waals surface area contributed by atoms with Crippen LogP contribution in [-0.4, -0.2) is 25.9 Å². The van der Waals surface area contributed by atoms with E-state index in [4.69, 9.17) is 23.2 Å². The molecular weight excluding hydrogens is 343 g/mol. The van der Waals surface area contributed by atoms with E-state index in [0.717, 1.165) is 0 Å². The number of nitrogens with one attached hydrogen (secondary N) is 1. The maximum absolute atomic E-state index is 12.3. The van der Waals surface area contributed by atoms with E-state index >= 15 is 0 Å². The number of nitrogens with zero attached hydrogens (tertiary/aromatic N) is 3. The molecular formula is C14H16Cl2N4OS. The van der Waals surface area contributed by atoms with Crippen LogP contribution in [0.15, 0.2) is 29.7 Å². The third-order valence-corrected chi connectivity index (χ3v) is 4.66. The molecule has 5 nitrogen and oxygen atoms in total. The average Bonchev–Trinajstić information content (AvgIpc) is 2.91. The van der Waals surface area contributed by atoms with Gasteiger partial charge in [-0.2, -0.15) is 0 Å². The number of hydrogen-bond donors (Lipinski definition) is 1. The van der Waals surface area contributed by atoms with Crippen molar-refractivity contribution in [2.75, 3.05) is 5.32 Å². The number of para-hydroxylation sites is 1. The Kier molecular flexibility index (Phi) is 5.72. The number of hydrogen-bond acceptors (Lipinski definition) is 4. The molecule has 1 amide bonds. The molecule has 0 bridgehead atoms. The Hall–Kier alpha value is -1.24. The Balaban J connectivity index is 2.08. The van der Waals surface area contributed by atoms with E-state index in [-0.39, 0.29) is 17.2 Å². The predicted octanol–water partition coefficient (Wildman–Crippen LogP) is 4.29. The van der Waals surface area contributed by atoms with Gasteiger partial charge in [0.05, 0.1) is 21.0 Å². The lowest BCUT2D eigenvalue weighted by Crippen LogP contribution is -2.23. The van der Waals surface area contributed by atoms with Crippen molar-refractivity contribution in [3.05, 3.63) is 34.6 Å². The van der Waals surface area contributed by atoms with Crippen LogP contribution in [-0.2, 0) is 4.79 Å². The van der Waals surface area contributed by atoms with Gasteiger partial charge in [0.15, 0.2) is 5.16 Å². The summed E-state index contributed by atoms with van der Waals surface area (Å²) in [7, 11) is 0. The van der Waals surface area contributed by atoms with Crippen molar-refractivity contribution in [3.63, 3.8) is 0 Å². The van der Waals surface area contributed by atoms with E-state index in [1.807, 2.05) is 18.4 Å². The highest BCUT2D eigenvalue weighted by atomic mass is 35.5. The number of carbonyl (C=O) groups excluding carboxylic acids is 1. The fourth-order valence-electron chi connectivity index (χ4n) is 1.72. The number of halogens is 2. The first-order valence-electron chi connectivity index (χ1n) is 6.71. The highest BCUT2D eigenvalue weighted by Crippen LogP contribution is 2.31. The van der Waals surface area contributed by atoms with Gasteiger partial charge in [-0.1, -0.05) is 41.0 Å². The number of anilines is 1. The number of carbonyl (C=O) groups is 1. The number of amides is 1. The van der Waals surface area contributed by atoms with Gasteiger partial charge in [-0.3, -0.25) is 4.79 Å². The highest BCUT2D eigenvalue weighted by Gasteiger charge is 2.20. The van der Waals surface area contributed by atoms with E-state index < -0.39 is 0 Å². The lowest BCUT2D eigenvalue weighted by molar-refractivity contribution is -0.115. The van der Waals surface area contributed by atoms with E-state index in [0.29, 0.717) is 20.9 Å². The lowest BCUT2D eigenvalue weighted by atomic mass is 10.3. The molecule has 0 unspecified atom stereocenters. The van der Waals surface area contributed by atoms with Crippen molar-refractivity contribution in [1.82, 2.24) is 14.8 Å². The summed E-state index contributed by atoms with van der Waals surface area (Å²) >= 11 is 13.4. The summed E-state index contributed by atoms with van der Waals surface area (Å²) in [5.41, 5.74) is 0.425. The Bertz CT molecular complexity index is 654. The minimum atomic E-state index is -0.367. The summed E-state index contributed by atoms with van der Waals surface area (Å²) in [4.78, 5) is 12.3. The predicted molar refractivity (Wildman–Crippen MR) is 90.8 cm³/mol. The molecule has 2 rings (SSSR count). The number of aromatic nitrogens is 3. The van der Waals surface area contributed by atoms with Gasteiger partial charge in [-0.05, 0) is 32.9 Å². The third kappa shape index (κ3) is 3.94. The first-order chi connectivity index (χ1) is 10.4. The molecule has 0 spiro atoms. The SMILES string of the molecule is CC(C)n1cnnc1S[C@@H](C)C(=O)Nc1c(Cl)cccc1Cl. The zero-order valence-corrected chi connectivity index (χ0v) is 14.7. The van der Waals surface area contributed by atoms with Gasteiger partial charge in [0.2, 0.25) is 5.91 Å². The summed E-state index contributed by atoms with van der Waals surface area (Å²) in [5.74, 6) is -0.196. The molecule has 0 saturated carbocycles. The van der Waals surface area contributed by atoms with Crippen LogP contribution < -0.4 is 5.32 Å². The molecule has 1 aromatic heterocycles. The molecule has 118 valence electrons. The van der Waals surface area contributed by atoms with Crippen LogP contribution in [0.3, 0.4) is 0 Å².